The molecule has 0 spiro atoms. The first-order chi connectivity index (χ1) is 13.7. The maximum Gasteiger partial charge on any atom is 0.225 e. The number of aromatic nitrogens is 4. The number of rotatable bonds is 2. The minimum absolute atomic E-state index is 0.298. The number of anilines is 2. The molecule has 0 unspecified atom stereocenters. The van der Waals surface area contributed by atoms with Crippen molar-refractivity contribution in [1.82, 2.24) is 24.9 Å². The van der Waals surface area contributed by atoms with E-state index in [4.69, 9.17) is 4.98 Å². The molecule has 0 bridgehead atoms. The van der Waals surface area contributed by atoms with Crippen LogP contribution in [0.2, 0.25) is 0 Å². The minimum atomic E-state index is 0.298. The number of pyridine rings is 1. The van der Waals surface area contributed by atoms with E-state index in [2.05, 4.69) is 38.2 Å². The van der Waals surface area contributed by atoms with Crippen molar-refractivity contribution in [2.24, 2.45) is 0 Å². The van der Waals surface area contributed by atoms with Gasteiger partial charge in [-0.3, -0.25) is 0 Å². The Labute approximate surface area is 163 Å². The van der Waals surface area contributed by atoms with E-state index >= 15 is 0 Å². The summed E-state index contributed by atoms with van der Waals surface area (Å²) in [6.45, 7) is 7.70. The minimum Gasteiger partial charge on any atom is -0.365 e. The Hall–Kier alpha value is -3.18. The highest BCUT2D eigenvalue weighted by Crippen LogP contribution is 2.33. The average Bonchev–Trinajstić information content (AvgIpc) is 3.23. The molecule has 0 aliphatic carbocycles. The zero-order valence-corrected chi connectivity index (χ0v) is 15.8. The standard InChI is InChI=1S/C20H22N8/c1-14-12-27(17-3-2-16(10-21)28-18(17)4-5-24-28)13-15-11-23-20(25-19(14)15)26-8-6-22-7-9-26/h2-5,11,14,22H,6-9,12-13H2,1H3/t14-/m1/s1. The van der Waals surface area contributed by atoms with Crippen molar-refractivity contribution in [2.45, 2.75) is 19.4 Å². The molecular weight excluding hydrogens is 352 g/mol. The van der Waals surface area contributed by atoms with Crippen molar-refractivity contribution in [1.29, 1.82) is 5.26 Å². The lowest BCUT2D eigenvalue weighted by Gasteiger charge is -2.35. The fourth-order valence-electron chi connectivity index (χ4n) is 4.20. The first-order valence-electron chi connectivity index (χ1n) is 9.68. The van der Waals surface area contributed by atoms with Crippen molar-refractivity contribution in [3.63, 3.8) is 0 Å². The van der Waals surface area contributed by atoms with Gasteiger partial charge in [-0.05, 0) is 18.2 Å². The summed E-state index contributed by atoms with van der Waals surface area (Å²) in [6.07, 6.45) is 3.73. The molecule has 1 saturated heterocycles. The van der Waals surface area contributed by atoms with Gasteiger partial charge in [0.15, 0.2) is 0 Å². The predicted octanol–water partition coefficient (Wildman–Crippen LogP) is 1.53. The zero-order chi connectivity index (χ0) is 19.1. The van der Waals surface area contributed by atoms with E-state index in [1.165, 1.54) is 5.56 Å². The van der Waals surface area contributed by atoms with Crippen molar-refractivity contribution < 1.29 is 0 Å². The third kappa shape index (κ3) is 2.75. The third-order valence-electron chi connectivity index (χ3n) is 5.60. The number of piperazine rings is 1. The van der Waals surface area contributed by atoms with Crippen LogP contribution in [-0.4, -0.2) is 52.3 Å². The molecule has 2 aliphatic heterocycles. The van der Waals surface area contributed by atoms with E-state index < -0.39 is 0 Å². The molecule has 1 atom stereocenters. The Morgan fingerprint density at radius 2 is 2.04 bits per heavy atom. The topological polar surface area (TPSA) is 85.4 Å². The third-order valence-corrected chi connectivity index (χ3v) is 5.60. The molecule has 8 heteroatoms. The summed E-state index contributed by atoms with van der Waals surface area (Å²) in [4.78, 5) is 14.2. The van der Waals surface area contributed by atoms with E-state index in [0.29, 0.717) is 11.6 Å². The quantitative estimate of drug-likeness (QED) is 0.728. The maximum absolute atomic E-state index is 9.31. The Morgan fingerprint density at radius 3 is 2.86 bits per heavy atom. The summed E-state index contributed by atoms with van der Waals surface area (Å²) in [6, 6.07) is 8.01. The monoisotopic (exact) mass is 374 g/mol. The molecule has 8 nitrogen and oxygen atoms in total. The Balaban J connectivity index is 1.48. The van der Waals surface area contributed by atoms with Gasteiger partial charge >= 0.3 is 0 Å². The number of hydrogen-bond donors (Lipinski definition) is 1. The van der Waals surface area contributed by atoms with E-state index in [1.807, 2.05) is 24.4 Å². The Kier molecular flexibility index (Phi) is 4.10. The second kappa shape index (κ2) is 6.77. The molecule has 0 aromatic carbocycles. The van der Waals surface area contributed by atoms with Crippen molar-refractivity contribution >= 4 is 17.2 Å². The molecule has 3 aromatic heterocycles. The first-order valence-corrected chi connectivity index (χ1v) is 9.68. The molecule has 5 rings (SSSR count). The maximum atomic E-state index is 9.31. The van der Waals surface area contributed by atoms with Gasteiger partial charge in [0.25, 0.3) is 0 Å². The largest absolute Gasteiger partial charge is 0.365 e. The van der Waals surface area contributed by atoms with Crippen LogP contribution < -0.4 is 15.1 Å². The summed E-state index contributed by atoms with van der Waals surface area (Å²) < 4.78 is 1.71. The molecule has 1 fully saturated rings. The summed E-state index contributed by atoms with van der Waals surface area (Å²) in [5.74, 6) is 1.14. The highest BCUT2D eigenvalue weighted by molar-refractivity contribution is 5.74. The van der Waals surface area contributed by atoms with Crippen molar-refractivity contribution in [3.05, 3.63) is 47.5 Å². The summed E-state index contributed by atoms with van der Waals surface area (Å²) in [5.41, 5.74) is 4.89. The summed E-state index contributed by atoms with van der Waals surface area (Å²) >= 11 is 0. The lowest BCUT2D eigenvalue weighted by Crippen LogP contribution is -2.44. The van der Waals surface area contributed by atoms with Gasteiger partial charge in [-0.25, -0.2) is 14.5 Å². The van der Waals surface area contributed by atoms with Gasteiger partial charge in [0.2, 0.25) is 5.95 Å². The second-order valence-electron chi connectivity index (χ2n) is 7.44. The lowest BCUT2D eigenvalue weighted by molar-refractivity contribution is 0.570. The van der Waals surface area contributed by atoms with Gasteiger partial charge in [-0.1, -0.05) is 6.92 Å². The molecule has 1 N–H and O–H groups in total. The molecule has 2 aliphatic rings. The van der Waals surface area contributed by atoms with Gasteiger partial charge in [0.1, 0.15) is 11.8 Å². The van der Waals surface area contributed by atoms with Crippen LogP contribution in [0.1, 0.15) is 29.8 Å². The highest BCUT2D eigenvalue weighted by atomic mass is 15.3. The zero-order valence-electron chi connectivity index (χ0n) is 15.8. The number of nitrogens with zero attached hydrogens (tertiary/aromatic N) is 7. The average molecular weight is 374 g/mol. The molecule has 3 aromatic rings. The Bertz CT molecular complexity index is 1060. The smallest absolute Gasteiger partial charge is 0.225 e. The van der Waals surface area contributed by atoms with Crippen LogP contribution in [0.4, 0.5) is 11.6 Å². The molecule has 0 radical (unpaired) electrons. The van der Waals surface area contributed by atoms with E-state index in [0.717, 1.165) is 62.1 Å². The number of hydrogen-bond acceptors (Lipinski definition) is 7. The molecule has 0 saturated carbocycles. The van der Waals surface area contributed by atoms with Crippen LogP contribution in [0, 0.1) is 11.3 Å². The van der Waals surface area contributed by atoms with E-state index in [9.17, 15) is 5.26 Å². The normalized spacial score (nSPS) is 19.5. The predicted molar refractivity (Wildman–Crippen MR) is 106 cm³/mol. The van der Waals surface area contributed by atoms with Gasteiger partial charge in [0, 0.05) is 56.9 Å². The number of fused-ring (bicyclic) bond motifs is 2. The van der Waals surface area contributed by atoms with Crippen LogP contribution in [0.3, 0.4) is 0 Å². The van der Waals surface area contributed by atoms with Crippen LogP contribution >= 0.6 is 0 Å². The number of nitrogens with one attached hydrogen (secondary N) is 1. The fourth-order valence-corrected chi connectivity index (χ4v) is 4.20. The van der Waals surface area contributed by atoms with Gasteiger partial charge in [-0.15, -0.1) is 0 Å². The number of nitriles is 1. The SMILES string of the molecule is C[C@@H]1CN(c2ccc(C#N)n3nccc23)Cc2cnc(N3CCNCC3)nc21. The Morgan fingerprint density at radius 1 is 1.18 bits per heavy atom. The fraction of sp³-hybridized carbons (Fsp3) is 0.400. The van der Waals surface area contributed by atoms with Gasteiger partial charge in [0.05, 0.1) is 23.1 Å². The summed E-state index contributed by atoms with van der Waals surface area (Å²) in [5, 5.41) is 17.0. The molecule has 5 heterocycles. The lowest BCUT2D eigenvalue weighted by atomic mass is 9.97. The summed E-state index contributed by atoms with van der Waals surface area (Å²) in [7, 11) is 0. The van der Waals surface area contributed by atoms with E-state index in [-0.39, 0.29) is 0 Å². The van der Waals surface area contributed by atoms with Gasteiger partial charge < -0.3 is 15.1 Å². The highest BCUT2D eigenvalue weighted by Gasteiger charge is 2.27. The van der Waals surface area contributed by atoms with Crippen LogP contribution in [0.5, 0.6) is 0 Å². The van der Waals surface area contributed by atoms with Crippen molar-refractivity contribution in [3.8, 4) is 6.07 Å². The first kappa shape index (κ1) is 17.0. The van der Waals surface area contributed by atoms with Crippen molar-refractivity contribution in [2.75, 3.05) is 42.5 Å². The molecular formula is C20H22N8. The van der Waals surface area contributed by atoms with Crippen LogP contribution in [-0.2, 0) is 6.54 Å². The molecule has 142 valence electrons. The molecule has 28 heavy (non-hydrogen) atoms. The molecule has 0 amide bonds. The van der Waals surface area contributed by atoms with Gasteiger partial charge in [-0.2, -0.15) is 10.4 Å². The van der Waals surface area contributed by atoms with Crippen LogP contribution in [0.15, 0.2) is 30.6 Å². The van der Waals surface area contributed by atoms with Crippen LogP contribution in [0.25, 0.3) is 5.52 Å². The van der Waals surface area contributed by atoms with E-state index in [1.54, 1.807) is 10.7 Å². The second-order valence-corrected chi connectivity index (χ2v) is 7.44.